The molecule has 0 spiro atoms. The monoisotopic (exact) mass is 278 g/mol. The number of carbonyl (C=O) groups is 2. The van der Waals surface area contributed by atoms with Gasteiger partial charge in [-0.25, -0.2) is 0 Å². The molecule has 1 fully saturated rings. The number of hydrogen-bond donors (Lipinski definition) is 1. The van der Waals surface area contributed by atoms with Crippen LogP contribution >= 0.6 is 11.6 Å². The number of halogens is 1. The van der Waals surface area contributed by atoms with Crippen LogP contribution in [0.2, 0.25) is 5.02 Å². The van der Waals surface area contributed by atoms with Gasteiger partial charge in [-0.3, -0.25) is 9.59 Å². The minimum Gasteiger partial charge on any atom is -0.355 e. The number of carbonyl (C=O) groups excluding carboxylic acids is 2. The summed E-state index contributed by atoms with van der Waals surface area (Å²) in [5.41, 5.74) is 1.06. The first kappa shape index (κ1) is 13.6. The minimum absolute atomic E-state index is 0.000793. The van der Waals surface area contributed by atoms with Crippen molar-refractivity contribution in [2.75, 3.05) is 18.5 Å². The topological polar surface area (TPSA) is 49.4 Å². The summed E-state index contributed by atoms with van der Waals surface area (Å²) in [5.74, 6) is -0.0714. The summed E-state index contributed by atoms with van der Waals surface area (Å²) in [4.78, 5) is 25.2. The van der Waals surface area contributed by atoms with Crippen molar-refractivity contribution in [1.29, 1.82) is 0 Å². The van der Waals surface area contributed by atoms with Crippen LogP contribution in [0.3, 0.4) is 0 Å². The van der Waals surface area contributed by atoms with E-state index in [0.717, 1.165) is 0 Å². The summed E-state index contributed by atoms with van der Waals surface area (Å²) < 4.78 is 0. The summed E-state index contributed by atoms with van der Waals surface area (Å²) in [6.07, 6.45) is 2.21. The average Bonchev–Trinajstić information content (AvgIpc) is 2.79. The number of anilines is 1. The first-order valence-corrected chi connectivity index (χ1v) is 6.39. The molecule has 0 aliphatic carbocycles. The second kappa shape index (κ2) is 5.45. The third-order valence-corrected chi connectivity index (χ3v) is 3.53. The Morgan fingerprint density at radius 3 is 2.89 bits per heavy atom. The van der Waals surface area contributed by atoms with Crippen LogP contribution in [0.1, 0.15) is 16.8 Å². The second-order valence-electron chi connectivity index (χ2n) is 4.45. The SMILES string of the molecule is C=CC1CC(=O)N(c2cc(C(=O)NC)ccc2Cl)C1. The van der Waals surface area contributed by atoms with Crippen LogP contribution < -0.4 is 10.2 Å². The maximum atomic E-state index is 12.0. The van der Waals surface area contributed by atoms with Gasteiger partial charge in [0.2, 0.25) is 5.91 Å². The van der Waals surface area contributed by atoms with Gasteiger partial charge in [0.15, 0.2) is 0 Å². The van der Waals surface area contributed by atoms with E-state index in [4.69, 9.17) is 11.6 Å². The number of nitrogens with zero attached hydrogens (tertiary/aromatic N) is 1. The molecule has 19 heavy (non-hydrogen) atoms. The molecule has 4 nitrogen and oxygen atoms in total. The molecule has 0 bridgehead atoms. The molecule has 1 N–H and O–H groups in total. The highest BCUT2D eigenvalue weighted by Gasteiger charge is 2.30. The Morgan fingerprint density at radius 2 is 2.32 bits per heavy atom. The van der Waals surface area contributed by atoms with E-state index < -0.39 is 0 Å². The summed E-state index contributed by atoms with van der Waals surface area (Å²) in [6, 6.07) is 4.91. The zero-order valence-corrected chi connectivity index (χ0v) is 11.4. The van der Waals surface area contributed by atoms with Crippen molar-refractivity contribution < 1.29 is 9.59 Å². The molecule has 1 atom stereocenters. The highest BCUT2D eigenvalue weighted by atomic mass is 35.5. The first-order valence-electron chi connectivity index (χ1n) is 6.01. The Hall–Kier alpha value is -1.81. The molecule has 2 rings (SSSR count). The lowest BCUT2D eigenvalue weighted by Crippen LogP contribution is -2.25. The van der Waals surface area contributed by atoms with E-state index in [1.165, 1.54) is 0 Å². The van der Waals surface area contributed by atoms with E-state index >= 15 is 0 Å². The molecule has 1 aromatic carbocycles. The smallest absolute Gasteiger partial charge is 0.251 e. The van der Waals surface area contributed by atoms with E-state index in [2.05, 4.69) is 11.9 Å². The molecule has 0 radical (unpaired) electrons. The Morgan fingerprint density at radius 1 is 1.58 bits per heavy atom. The predicted octanol–water partition coefficient (Wildman–Crippen LogP) is 2.24. The van der Waals surface area contributed by atoms with Crippen LogP contribution in [0.15, 0.2) is 30.9 Å². The van der Waals surface area contributed by atoms with Crippen LogP contribution in [-0.2, 0) is 4.79 Å². The van der Waals surface area contributed by atoms with Gasteiger partial charge in [-0.2, -0.15) is 0 Å². The summed E-state index contributed by atoms with van der Waals surface area (Å²) in [5, 5.41) is 3.01. The van der Waals surface area contributed by atoms with Crippen LogP contribution in [0.25, 0.3) is 0 Å². The highest BCUT2D eigenvalue weighted by Crippen LogP contribution is 2.32. The average molecular weight is 279 g/mol. The Kier molecular flexibility index (Phi) is 3.90. The van der Waals surface area contributed by atoms with Gasteiger partial charge in [-0.05, 0) is 18.2 Å². The molecule has 0 aromatic heterocycles. The fraction of sp³-hybridized carbons (Fsp3) is 0.286. The lowest BCUT2D eigenvalue weighted by atomic mass is 10.1. The fourth-order valence-corrected chi connectivity index (χ4v) is 2.35. The van der Waals surface area contributed by atoms with E-state index in [0.29, 0.717) is 29.2 Å². The Bertz CT molecular complexity index is 542. The van der Waals surface area contributed by atoms with E-state index in [9.17, 15) is 9.59 Å². The number of amides is 2. The number of hydrogen-bond acceptors (Lipinski definition) is 2. The third kappa shape index (κ3) is 2.63. The largest absolute Gasteiger partial charge is 0.355 e. The van der Waals surface area contributed by atoms with Crippen LogP contribution in [0.5, 0.6) is 0 Å². The molecule has 0 saturated carbocycles. The third-order valence-electron chi connectivity index (χ3n) is 3.21. The van der Waals surface area contributed by atoms with Crippen LogP contribution in [0, 0.1) is 5.92 Å². The van der Waals surface area contributed by atoms with Gasteiger partial charge in [-0.1, -0.05) is 17.7 Å². The zero-order valence-electron chi connectivity index (χ0n) is 10.6. The predicted molar refractivity (Wildman–Crippen MR) is 75.5 cm³/mol. The highest BCUT2D eigenvalue weighted by molar-refractivity contribution is 6.34. The van der Waals surface area contributed by atoms with Crippen molar-refractivity contribution in [3.63, 3.8) is 0 Å². The standard InChI is InChI=1S/C14H15ClN2O2/c1-3-9-6-13(18)17(8-9)12-7-10(14(19)16-2)4-5-11(12)15/h3-5,7,9H,1,6,8H2,2H3,(H,16,19). The quantitative estimate of drug-likeness (QED) is 0.862. The fourth-order valence-electron chi connectivity index (χ4n) is 2.13. The number of rotatable bonds is 3. The van der Waals surface area contributed by atoms with Crippen molar-refractivity contribution in [3.05, 3.63) is 41.4 Å². The minimum atomic E-state index is -0.204. The second-order valence-corrected chi connectivity index (χ2v) is 4.86. The molecule has 1 aromatic rings. The van der Waals surface area contributed by atoms with Crippen molar-refractivity contribution in [1.82, 2.24) is 5.32 Å². The summed E-state index contributed by atoms with van der Waals surface area (Å²) in [6.45, 7) is 4.27. The van der Waals surface area contributed by atoms with Crippen molar-refractivity contribution in [3.8, 4) is 0 Å². The van der Waals surface area contributed by atoms with Crippen LogP contribution in [-0.4, -0.2) is 25.4 Å². The molecular weight excluding hydrogens is 264 g/mol. The van der Waals surface area contributed by atoms with E-state index in [1.54, 1.807) is 36.2 Å². The molecule has 1 saturated heterocycles. The summed E-state index contributed by atoms with van der Waals surface area (Å²) >= 11 is 6.13. The molecule has 5 heteroatoms. The van der Waals surface area contributed by atoms with Gasteiger partial charge in [0.05, 0.1) is 10.7 Å². The summed E-state index contributed by atoms with van der Waals surface area (Å²) in [7, 11) is 1.56. The molecule has 1 aliphatic heterocycles. The lowest BCUT2D eigenvalue weighted by molar-refractivity contribution is -0.117. The lowest BCUT2D eigenvalue weighted by Gasteiger charge is -2.18. The van der Waals surface area contributed by atoms with Gasteiger partial charge in [-0.15, -0.1) is 6.58 Å². The van der Waals surface area contributed by atoms with Gasteiger partial charge >= 0.3 is 0 Å². The first-order chi connectivity index (χ1) is 9.06. The van der Waals surface area contributed by atoms with Gasteiger partial charge in [0.25, 0.3) is 5.91 Å². The van der Waals surface area contributed by atoms with E-state index in [-0.39, 0.29) is 17.7 Å². The van der Waals surface area contributed by atoms with Crippen molar-refractivity contribution >= 4 is 29.1 Å². The maximum absolute atomic E-state index is 12.0. The molecular formula is C14H15ClN2O2. The van der Waals surface area contributed by atoms with Gasteiger partial charge in [0, 0.05) is 31.5 Å². The Balaban J connectivity index is 2.36. The maximum Gasteiger partial charge on any atom is 0.251 e. The normalized spacial score (nSPS) is 18.5. The van der Waals surface area contributed by atoms with Crippen molar-refractivity contribution in [2.24, 2.45) is 5.92 Å². The van der Waals surface area contributed by atoms with E-state index in [1.807, 2.05) is 0 Å². The molecule has 1 heterocycles. The Labute approximate surface area is 117 Å². The van der Waals surface area contributed by atoms with Crippen molar-refractivity contribution in [2.45, 2.75) is 6.42 Å². The molecule has 100 valence electrons. The number of nitrogens with one attached hydrogen (secondary N) is 1. The zero-order chi connectivity index (χ0) is 14.0. The molecule has 1 aliphatic rings. The van der Waals surface area contributed by atoms with Gasteiger partial charge < -0.3 is 10.2 Å². The molecule has 1 unspecified atom stereocenters. The van der Waals surface area contributed by atoms with Gasteiger partial charge in [0.1, 0.15) is 0 Å². The number of benzene rings is 1. The molecule has 2 amide bonds. The van der Waals surface area contributed by atoms with Crippen LogP contribution in [0.4, 0.5) is 5.69 Å².